The number of alkyl halides is 1. The maximum Gasteiger partial charge on any atom is 0.123 e. The zero-order valence-corrected chi connectivity index (χ0v) is 17.2. The van der Waals surface area contributed by atoms with Gasteiger partial charge in [-0.25, -0.2) is 0 Å². The van der Waals surface area contributed by atoms with Crippen molar-refractivity contribution in [3.05, 3.63) is 64.8 Å². The van der Waals surface area contributed by atoms with E-state index in [0.29, 0.717) is 6.61 Å². The molecule has 0 aliphatic heterocycles. The van der Waals surface area contributed by atoms with Crippen molar-refractivity contribution in [2.75, 3.05) is 6.61 Å². The van der Waals surface area contributed by atoms with E-state index in [2.05, 4.69) is 67.9 Å². The second-order valence-corrected chi connectivity index (χ2v) is 7.07. The van der Waals surface area contributed by atoms with E-state index in [0.717, 1.165) is 30.3 Å². The summed E-state index contributed by atoms with van der Waals surface area (Å²) in [6, 6.07) is 8.17. The molecule has 0 atom stereocenters. The molecule has 0 heterocycles. The molecule has 0 radical (unpaired) electrons. The molecule has 0 N–H and O–H groups in total. The number of para-hydroxylation sites is 1. The Morgan fingerprint density at radius 3 is 2.21 bits per heavy atom. The lowest BCUT2D eigenvalue weighted by molar-refractivity contribution is 0.359. The highest BCUT2D eigenvalue weighted by Gasteiger charge is 2.00. The van der Waals surface area contributed by atoms with Crippen molar-refractivity contribution in [3.63, 3.8) is 0 Å². The second-order valence-electron chi connectivity index (χ2n) is 6.51. The third-order valence-electron chi connectivity index (χ3n) is 3.91. The summed E-state index contributed by atoms with van der Waals surface area (Å²) in [5, 5.41) is 0.822. The average Bonchev–Trinajstić information content (AvgIpc) is 2.55. The zero-order chi connectivity index (χ0) is 17.8. The lowest BCUT2D eigenvalue weighted by Crippen LogP contribution is -1.97. The predicted molar refractivity (Wildman–Crippen MR) is 110 cm³/mol. The van der Waals surface area contributed by atoms with Gasteiger partial charge in [0.05, 0.1) is 0 Å². The van der Waals surface area contributed by atoms with Gasteiger partial charge in [0.25, 0.3) is 0 Å². The fourth-order valence-electron chi connectivity index (χ4n) is 2.37. The third kappa shape index (κ3) is 9.12. The van der Waals surface area contributed by atoms with Crippen molar-refractivity contribution >= 4 is 15.9 Å². The lowest BCUT2D eigenvalue weighted by atomic mass is 10.1. The van der Waals surface area contributed by atoms with Crippen LogP contribution >= 0.6 is 15.9 Å². The van der Waals surface area contributed by atoms with Crippen molar-refractivity contribution < 1.29 is 4.74 Å². The van der Waals surface area contributed by atoms with Crippen molar-refractivity contribution in [2.45, 2.75) is 58.7 Å². The lowest BCUT2D eigenvalue weighted by Gasteiger charge is -2.08. The first-order valence-corrected chi connectivity index (χ1v) is 9.86. The molecule has 0 unspecified atom stereocenters. The van der Waals surface area contributed by atoms with Crippen LogP contribution in [0.1, 0.15) is 58.9 Å². The van der Waals surface area contributed by atoms with Crippen LogP contribution in [0.5, 0.6) is 5.75 Å². The summed E-state index contributed by atoms with van der Waals surface area (Å²) >= 11 is 3.50. The summed E-state index contributed by atoms with van der Waals surface area (Å²) in [6.07, 6.45) is 11.4. The van der Waals surface area contributed by atoms with E-state index in [9.17, 15) is 0 Å². The van der Waals surface area contributed by atoms with Gasteiger partial charge in [0, 0.05) is 10.9 Å². The fourth-order valence-corrected chi connectivity index (χ4v) is 2.83. The van der Waals surface area contributed by atoms with Crippen molar-refractivity contribution in [3.8, 4) is 5.75 Å². The van der Waals surface area contributed by atoms with Crippen molar-refractivity contribution in [2.24, 2.45) is 0 Å². The molecule has 0 aliphatic carbocycles. The molecule has 1 aromatic carbocycles. The molecule has 0 aliphatic rings. The molecule has 1 aromatic rings. The Hall–Kier alpha value is -1.28. The van der Waals surface area contributed by atoms with Crippen molar-refractivity contribution in [1.29, 1.82) is 0 Å². The molecule has 0 spiro atoms. The summed E-state index contributed by atoms with van der Waals surface area (Å²) in [6.45, 7) is 9.38. The van der Waals surface area contributed by atoms with Crippen LogP contribution in [0, 0.1) is 0 Å². The van der Waals surface area contributed by atoms with Crippen LogP contribution in [0.2, 0.25) is 0 Å². The van der Waals surface area contributed by atoms with Gasteiger partial charge < -0.3 is 4.74 Å². The first kappa shape index (κ1) is 20.8. The van der Waals surface area contributed by atoms with Crippen LogP contribution in [0.15, 0.2) is 59.2 Å². The van der Waals surface area contributed by atoms with E-state index in [1.807, 2.05) is 18.2 Å². The van der Waals surface area contributed by atoms with E-state index in [-0.39, 0.29) is 0 Å². The van der Waals surface area contributed by atoms with Crippen molar-refractivity contribution in [1.82, 2.24) is 0 Å². The summed E-state index contributed by atoms with van der Waals surface area (Å²) < 4.78 is 5.87. The Labute approximate surface area is 156 Å². The minimum Gasteiger partial charge on any atom is -0.489 e. The molecule has 132 valence electrons. The molecule has 1 rings (SSSR count). The molecule has 0 amide bonds. The number of allylic oxidation sites excluding steroid dienone is 5. The van der Waals surface area contributed by atoms with Gasteiger partial charge in [-0.1, -0.05) is 63.0 Å². The van der Waals surface area contributed by atoms with Gasteiger partial charge in [0.2, 0.25) is 0 Å². The summed E-state index contributed by atoms with van der Waals surface area (Å²) in [5.74, 6) is 0.966. The number of rotatable bonds is 10. The first-order chi connectivity index (χ1) is 11.5. The van der Waals surface area contributed by atoms with E-state index in [1.54, 1.807) is 0 Å². The molecule has 24 heavy (non-hydrogen) atoms. The second kappa shape index (κ2) is 12.1. The fraction of sp³-hybridized carbons (Fsp3) is 0.455. The van der Waals surface area contributed by atoms with E-state index in [1.165, 1.54) is 28.7 Å². The van der Waals surface area contributed by atoms with E-state index in [4.69, 9.17) is 4.74 Å². The SMILES string of the molecule is CC(C)=CCC/C(C)=C/CC/C(C)=C/COc1ccccc1CBr. The van der Waals surface area contributed by atoms with Crippen LogP contribution in [0.25, 0.3) is 0 Å². The van der Waals surface area contributed by atoms with Crippen LogP contribution in [-0.4, -0.2) is 6.61 Å². The maximum absolute atomic E-state index is 5.87. The molecule has 0 saturated heterocycles. The average molecular weight is 391 g/mol. The van der Waals surface area contributed by atoms with Crippen LogP contribution in [0.4, 0.5) is 0 Å². The van der Waals surface area contributed by atoms with E-state index >= 15 is 0 Å². The summed E-state index contributed by atoms with van der Waals surface area (Å²) in [7, 11) is 0. The van der Waals surface area contributed by atoms with Gasteiger partial charge in [-0.3, -0.25) is 0 Å². The number of hydrogen-bond acceptors (Lipinski definition) is 1. The Morgan fingerprint density at radius 1 is 0.917 bits per heavy atom. The van der Waals surface area contributed by atoms with Gasteiger partial charge in [-0.05, 0) is 65.5 Å². The molecule has 0 fully saturated rings. The van der Waals surface area contributed by atoms with Gasteiger partial charge >= 0.3 is 0 Å². The number of hydrogen-bond donors (Lipinski definition) is 0. The summed E-state index contributed by atoms with van der Waals surface area (Å²) in [5.41, 5.74) is 5.48. The largest absolute Gasteiger partial charge is 0.489 e. The number of halogens is 1. The summed E-state index contributed by atoms with van der Waals surface area (Å²) in [4.78, 5) is 0. The highest BCUT2D eigenvalue weighted by atomic mass is 79.9. The molecular formula is C22H31BrO. The maximum atomic E-state index is 5.87. The molecule has 0 bridgehead atoms. The molecule has 2 heteroatoms. The quantitative estimate of drug-likeness (QED) is 0.299. The Morgan fingerprint density at radius 2 is 1.54 bits per heavy atom. The number of benzene rings is 1. The predicted octanol–water partition coefficient (Wildman–Crippen LogP) is 7.38. The first-order valence-electron chi connectivity index (χ1n) is 8.74. The number of ether oxygens (including phenoxy) is 1. The normalized spacial score (nSPS) is 12.2. The highest BCUT2D eigenvalue weighted by molar-refractivity contribution is 9.08. The topological polar surface area (TPSA) is 9.23 Å². The van der Waals surface area contributed by atoms with E-state index < -0.39 is 0 Å². The Kier molecular flexibility index (Phi) is 10.5. The Balaban J connectivity index is 2.33. The molecule has 0 aromatic heterocycles. The van der Waals surface area contributed by atoms with Gasteiger partial charge in [-0.15, -0.1) is 0 Å². The molecule has 1 nitrogen and oxygen atoms in total. The zero-order valence-electron chi connectivity index (χ0n) is 15.6. The van der Waals surface area contributed by atoms with Gasteiger partial charge in [0.1, 0.15) is 12.4 Å². The van der Waals surface area contributed by atoms with Crippen LogP contribution in [0.3, 0.4) is 0 Å². The molecule has 0 saturated carbocycles. The van der Waals surface area contributed by atoms with Crippen LogP contribution in [-0.2, 0) is 5.33 Å². The standard InChI is InChI=1S/C22H31BrO/c1-18(2)9-7-10-19(3)11-8-12-20(4)15-16-24-22-14-6-5-13-21(22)17-23/h5-6,9,11,13-15H,7-8,10,12,16-17H2,1-4H3/b19-11+,20-15+. The molecular weight excluding hydrogens is 360 g/mol. The van der Waals surface area contributed by atoms with Gasteiger partial charge in [-0.2, -0.15) is 0 Å². The highest BCUT2D eigenvalue weighted by Crippen LogP contribution is 2.20. The third-order valence-corrected chi connectivity index (χ3v) is 4.51. The van der Waals surface area contributed by atoms with Gasteiger partial charge in [0.15, 0.2) is 0 Å². The smallest absolute Gasteiger partial charge is 0.123 e. The minimum atomic E-state index is 0.638. The monoisotopic (exact) mass is 390 g/mol. The van der Waals surface area contributed by atoms with Crippen LogP contribution < -0.4 is 4.74 Å². The minimum absolute atomic E-state index is 0.638. The Bertz CT molecular complexity index is 577.